The van der Waals surface area contributed by atoms with Gasteiger partial charge in [-0.1, -0.05) is 6.92 Å². The van der Waals surface area contributed by atoms with Gasteiger partial charge in [-0.15, -0.1) is 0 Å². The van der Waals surface area contributed by atoms with Crippen LogP contribution >= 0.6 is 0 Å². The molecule has 0 saturated carbocycles. The molecule has 3 aliphatic rings. The molecule has 3 aromatic rings. The number of anilines is 1. The number of aromatic nitrogens is 2. The Kier molecular flexibility index (Phi) is 3.44. The van der Waals surface area contributed by atoms with Crippen LogP contribution in [-0.2, 0) is 34.7 Å². The van der Waals surface area contributed by atoms with Crippen LogP contribution in [-0.4, -0.2) is 27.2 Å². The molecule has 5 heterocycles. The maximum Gasteiger partial charge on any atom is 0.343 e. The number of hydrogen-bond acceptors (Lipinski definition) is 7. The molecule has 6 rings (SSSR count). The first kappa shape index (κ1) is 18.3. The van der Waals surface area contributed by atoms with E-state index >= 15 is 0 Å². The van der Waals surface area contributed by atoms with Gasteiger partial charge in [-0.25, -0.2) is 14.2 Å². The Morgan fingerprint density at radius 2 is 2.06 bits per heavy atom. The number of cyclic esters (lactones) is 1. The van der Waals surface area contributed by atoms with Gasteiger partial charge in [-0.05, 0) is 18.1 Å². The summed E-state index contributed by atoms with van der Waals surface area (Å²) in [7, 11) is 0. The lowest BCUT2D eigenvalue weighted by atomic mass is 9.86. The molecule has 0 aliphatic carbocycles. The predicted molar refractivity (Wildman–Crippen MR) is 108 cm³/mol. The third kappa shape index (κ3) is 2.13. The number of nitrogens with zero attached hydrogens (tertiary/aromatic N) is 2. The van der Waals surface area contributed by atoms with E-state index in [1.165, 1.54) is 6.07 Å². The lowest BCUT2D eigenvalue weighted by Gasteiger charge is -2.31. The van der Waals surface area contributed by atoms with Crippen LogP contribution in [0.1, 0.15) is 35.6 Å². The van der Waals surface area contributed by atoms with Crippen molar-refractivity contribution in [2.75, 3.05) is 12.3 Å². The number of carbonyl (C=O) groups excluding carboxylic acids is 1. The van der Waals surface area contributed by atoms with Crippen molar-refractivity contribution >= 4 is 22.6 Å². The summed E-state index contributed by atoms with van der Waals surface area (Å²) in [6, 6.07) is 2.91. The van der Waals surface area contributed by atoms with Crippen molar-refractivity contribution in [2.45, 2.75) is 38.5 Å². The van der Waals surface area contributed by atoms with E-state index < -0.39 is 17.4 Å². The number of hydrogen-bond donors (Lipinski definition) is 2. The van der Waals surface area contributed by atoms with E-state index in [2.05, 4.69) is 4.98 Å². The molecule has 0 amide bonds. The molecule has 0 unspecified atom stereocenters. The number of pyridine rings is 2. The van der Waals surface area contributed by atoms with Crippen molar-refractivity contribution in [1.82, 2.24) is 9.55 Å². The van der Waals surface area contributed by atoms with Gasteiger partial charge in [-0.3, -0.25) is 4.79 Å². The standard InChI is InChI=1S/C22H18FN3O5/c1-2-22(29)12-5-15-18-10(7-26(15)20(27)11(12)8-31-21(22)28)9-3-4-30-19-16(9)14(25-18)6-13(23)17(19)24/h5-6,29H,2-4,7-8,24H2,1H3/t22-/m0/s1. The number of benzene rings is 1. The Morgan fingerprint density at radius 1 is 1.26 bits per heavy atom. The molecule has 31 heavy (non-hydrogen) atoms. The van der Waals surface area contributed by atoms with Gasteiger partial charge in [0.25, 0.3) is 5.56 Å². The van der Waals surface area contributed by atoms with E-state index in [-0.39, 0.29) is 47.7 Å². The molecular weight excluding hydrogens is 405 g/mol. The monoisotopic (exact) mass is 423 g/mol. The number of rotatable bonds is 1. The van der Waals surface area contributed by atoms with Gasteiger partial charge in [0.05, 0.1) is 35.6 Å². The molecule has 3 aliphatic heterocycles. The average Bonchev–Trinajstić information content (AvgIpc) is 3.14. The highest BCUT2D eigenvalue weighted by atomic mass is 19.1. The summed E-state index contributed by atoms with van der Waals surface area (Å²) in [4.78, 5) is 30.2. The van der Waals surface area contributed by atoms with Gasteiger partial charge in [-0.2, -0.15) is 0 Å². The largest absolute Gasteiger partial charge is 0.490 e. The Labute approximate surface area is 175 Å². The normalized spacial score (nSPS) is 20.7. The smallest absolute Gasteiger partial charge is 0.343 e. The molecule has 0 radical (unpaired) electrons. The molecule has 0 bridgehead atoms. The van der Waals surface area contributed by atoms with E-state index in [9.17, 15) is 19.1 Å². The summed E-state index contributed by atoms with van der Waals surface area (Å²) < 4.78 is 26.7. The van der Waals surface area contributed by atoms with Crippen molar-refractivity contribution in [3.63, 3.8) is 0 Å². The van der Waals surface area contributed by atoms with Crippen molar-refractivity contribution in [3.8, 4) is 17.1 Å². The van der Waals surface area contributed by atoms with E-state index in [0.717, 1.165) is 11.1 Å². The lowest BCUT2D eigenvalue weighted by Crippen LogP contribution is -2.44. The molecule has 3 N–H and O–H groups in total. The second-order valence-electron chi connectivity index (χ2n) is 8.11. The number of carbonyl (C=O) groups is 1. The van der Waals surface area contributed by atoms with E-state index in [1.807, 2.05) is 0 Å². The number of esters is 1. The summed E-state index contributed by atoms with van der Waals surface area (Å²) >= 11 is 0. The zero-order valence-corrected chi connectivity index (χ0v) is 16.6. The second-order valence-corrected chi connectivity index (χ2v) is 8.11. The third-order valence-corrected chi connectivity index (χ3v) is 6.63. The molecular formula is C22H18FN3O5. The van der Waals surface area contributed by atoms with Crippen molar-refractivity contribution in [3.05, 3.63) is 50.6 Å². The summed E-state index contributed by atoms with van der Waals surface area (Å²) in [6.45, 7) is 2.09. The molecule has 8 nitrogen and oxygen atoms in total. The fourth-order valence-electron chi connectivity index (χ4n) is 4.97. The zero-order valence-electron chi connectivity index (χ0n) is 16.6. The number of nitrogen functional groups attached to an aromatic ring is 1. The minimum atomic E-state index is -1.89. The maximum absolute atomic E-state index is 14.4. The first-order valence-electron chi connectivity index (χ1n) is 10.1. The summed E-state index contributed by atoms with van der Waals surface area (Å²) in [5, 5.41) is 11.6. The van der Waals surface area contributed by atoms with Crippen LogP contribution in [0.2, 0.25) is 0 Å². The molecule has 9 heteroatoms. The molecule has 2 aromatic heterocycles. The van der Waals surface area contributed by atoms with Gasteiger partial charge in [0, 0.05) is 29.0 Å². The second kappa shape index (κ2) is 5.82. The van der Waals surface area contributed by atoms with E-state index in [1.54, 1.807) is 17.6 Å². The van der Waals surface area contributed by atoms with Crippen molar-refractivity contribution in [1.29, 1.82) is 0 Å². The van der Waals surface area contributed by atoms with Crippen molar-refractivity contribution in [2.24, 2.45) is 0 Å². The van der Waals surface area contributed by atoms with Crippen LogP contribution in [0.5, 0.6) is 5.75 Å². The van der Waals surface area contributed by atoms with Crippen LogP contribution in [0.3, 0.4) is 0 Å². The molecule has 1 atom stereocenters. The van der Waals surface area contributed by atoms with Gasteiger partial charge < -0.3 is 24.9 Å². The lowest BCUT2D eigenvalue weighted by molar-refractivity contribution is -0.172. The van der Waals surface area contributed by atoms with Crippen LogP contribution in [0.15, 0.2) is 16.9 Å². The fraction of sp³-hybridized carbons (Fsp3) is 0.318. The molecule has 0 fully saturated rings. The van der Waals surface area contributed by atoms with E-state index in [4.69, 9.17) is 15.2 Å². The van der Waals surface area contributed by atoms with E-state index in [0.29, 0.717) is 35.3 Å². The molecule has 0 spiro atoms. The summed E-state index contributed by atoms with van der Waals surface area (Å²) in [5.41, 5.74) is 7.31. The number of ether oxygens (including phenoxy) is 2. The zero-order chi connectivity index (χ0) is 21.7. The highest BCUT2D eigenvalue weighted by Crippen LogP contribution is 2.45. The van der Waals surface area contributed by atoms with Crippen LogP contribution in [0, 0.1) is 5.82 Å². The molecule has 0 saturated heterocycles. The number of halogens is 1. The predicted octanol–water partition coefficient (Wildman–Crippen LogP) is 1.74. The number of fused-ring (bicyclic) bond motifs is 5. The van der Waals surface area contributed by atoms with Gasteiger partial charge in [0.1, 0.15) is 12.3 Å². The Bertz CT molecular complexity index is 1410. The topological polar surface area (TPSA) is 117 Å². The maximum atomic E-state index is 14.4. The number of aliphatic hydroxyl groups is 1. The molecule has 158 valence electrons. The third-order valence-electron chi connectivity index (χ3n) is 6.63. The molecule has 1 aromatic carbocycles. The Hall–Kier alpha value is -3.46. The van der Waals surface area contributed by atoms with Crippen LogP contribution in [0.25, 0.3) is 22.3 Å². The fourth-order valence-corrected chi connectivity index (χ4v) is 4.97. The first-order valence-corrected chi connectivity index (χ1v) is 10.1. The first-order chi connectivity index (χ1) is 14.8. The average molecular weight is 423 g/mol. The summed E-state index contributed by atoms with van der Waals surface area (Å²) in [6.07, 6.45) is 0.637. The van der Waals surface area contributed by atoms with Crippen LogP contribution in [0.4, 0.5) is 10.1 Å². The van der Waals surface area contributed by atoms with Gasteiger partial charge >= 0.3 is 5.97 Å². The Morgan fingerprint density at radius 3 is 2.84 bits per heavy atom. The highest BCUT2D eigenvalue weighted by molar-refractivity contribution is 5.97. The van der Waals surface area contributed by atoms with Crippen molar-refractivity contribution < 1.29 is 23.8 Å². The number of nitrogens with two attached hydrogens (primary N) is 1. The highest BCUT2D eigenvalue weighted by Gasteiger charge is 2.45. The minimum Gasteiger partial charge on any atom is -0.490 e. The van der Waals surface area contributed by atoms with Crippen LogP contribution < -0.4 is 16.0 Å². The van der Waals surface area contributed by atoms with Gasteiger partial charge in [0.15, 0.2) is 17.2 Å². The quantitative estimate of drug-likeness (QED) is 0.354. The summed E-state index contributed by atoms with van der Waals surface area (Å²) in [5.74, 6) is -1.11. The SMILES string of the molecule is CC[C@@]1(O)C(=O)OCc2c1cc1n(c2=O)Cc2c-1nc1cc(F)c(N)c3c1c2CCO3. The Balaban J connectivity index is 1.68. The minimum absolute atomic E-state index is 0.0537. The van der Waals surface area contributed by atoms with Gasteiger partial charge in [0.2, 0.25) is 0 Å².